The minimum Gasteiger partial charge on any atom is -0.393 e. The van der Waals surface area contributed by atoms with Gasteiger partial charge < -0.3 is 10.7 Å². The van der Waals surface area contributed by atoms with Crippen LogP contribution in [0, 0.1) is 27.5 Å². The third-order valence-corrected chi connectivity index (χ3v) is 4.08. The second kappa shape index (κ2) is 5.44. The number of nitrogens with two attached hydrogens (primary N) is 1. The number of pyridine rings is 1. The first-order valence-electron chi connectivity index (χ1n) is 6.75. The van der Waals surface area contributed by atoms with Crippen LogP contribution in [0.5, 0.6) is 0 Å². The molecule has 1 aromatic heterocycles. The standard InChI is InChI=1S/C16H12FN3O2S/c1-8-10(3-2-4-12(8)17)9-5-6-13-11(7-9)14(18)15(20(21)22)16(23)19-13/h2-7H,1H3,(H3,18,19,23). The average molecular weight is 329 g/mol. The molecule has 3 aromatic rings. The summed E-state index contributed by atoms with van der Waals surface area (Å²) in [4.78, 5) is 13.3. The molecule has 0 spiro atoms. The summed E-state index contributed by atoms with van der Waals surface area (Å²) in [6.45, 7) is 1.68. The van der Waals surface area contributed by atoms with Gasteiger partial charge in [-0.05, 0) is 41.8 Å². The van der Waals surface area contributed by atoms with E-state index in [0.29, 0.717) is 22.0 Å². The third kappa shape index (κ3) is 2.44. The van der Waals surface area contributed by atoms with E-state index in [1.165, 1.54) is 6.07 Å². The van der Waals surface area contributed by atoms with E-state index in [9.17, 15) is 14.5 Å². The quantitative estimate of drug-likeness (QED) is 0.412. The highest BCUT2D eigenvalue weighted by Crippen LogP contribution is 2.34. The van der Waals surface area contributed by atoms with Gasteiger partial charge in [0.05, 0.1) is 4.92 Å². The number of aromatic amines is 1. The lowest BCUT2D eigenvalue weighted by atomic mass is 9.98. The van der Waals surface area contributed by atoms with Crippen molar-refractivity contribution in [1.82, 2.24) is 4.98 Å². The van der Waals surface area contributed by atoms with Gasteiger partial charge in [0.25, 0.3) is 0 Å². The van der Waals surface area contributed by atoms with Crippen LogP contribution in [0.2, 0.25) is 0 Å². The Balaban J connectivity index is 2.33. The molecule has 0 atom stereocenters. The lowest BCUT2D eigenvalue weighted by molar-refractivity contribution is -0.384. The van der Waals surface area contributed by atoms with Crippen LogP contribution in [-0.2, 0) is 0 Å². The topological polar surface area (TPSA) is 84.9 Å². The summed E-state index contributed by atoms with van der Waals surface area (Å²) < 4.78 is 13.7. The molecule has 3 rings (SSSR count). The summed E-state index contributed by atoms with van der Waals surface area (Å²) >= 11 is 4.98. The van der Waals surface area contributed by atoms with Crippen LogP contribution < -0.4 is 5.73 Å². The second-order valence-electron chi connectivity index (χ2n) is 5.15. The zero-order valence-electron chi connectivity index (χ0n) is 12.1. The Labute approximate surface area is 135 Å². The molecule has 0 unspecified atom stereocenters. The molecule has 5 nitrogen and oxygen atoms in total. The number of benzene rings is 2. The van der Waals surface area contributed by atoms with Gasteiger partial charge in [-0.2, -0.15) is 0 Å². The molecule has 0 aliphatic heterocycles. The van der Waals surface area contributed by atoms with Crippen molar-refractivity contribution in [3.8, 4) is 11.1 Å². The van der Waals surface area contributed by atoms with Crippen LogP contribution in [-0.4, -0.2) is 9.91 Å². The number of rotatable bonds is 2. The SMILES string of the molecule is Cc1c(F)cccc1-c1ccc2[nH]c(=S)c([N+](=O)[O-])c(N)c2c1. The normalized spacial score (nSPS) is 10.9. The third-order valence-electron chi connectivity index (χ3n) is 3.79. The van der Waals surface area contributed by atoms with Crippen molar-refractivity contribution in [2.24, 2.45) is 0 Å². The summed E-state index contributed by atoms with van der Waals surface area (Å²) in [5, 5.41) is 11.6. The molecule has 0 radical (unpaired) electrons. The number of aromatic nitrogens is 1. The monoisotopic (exact) mass is 329 g/mol. The number of nitrogens with one attached hydrogen (secondary N) is 1. The van der Waals surface area contributed by atoms with E-state index in [4.69, 9.17) is 18.0 Å². The number of nitrogen functional groups attached to an aromatic ring is 1. The average Bonchev–Trinajstić information content (AvgIpc) is 2.49. The number of nitrogens with zero attached hydrogens (tertiary/aromatic N) is 1. The van der Waals surface area contributed by atoms with Gasteiger partial charge in [0.1, 0.15) is 11.5 Å². The Morgan fingerprint density at radius 1 is 1.30 bits per heavy atom. The van der Waals surface area contributed by atoms with Gasteiger partial charge in [0.2, 0.25) is 0 Å². The van der Waals surface area contributed by atoms with Gasteiger partial charge >= 0.3 is 5.69 Å². The molecule has 0 saturated carbocycles. The van der Waals surface area contributed by atoms with Gasteiger partial charge in [-0.3, -0.25) is 10.1 Å². The van der Waals surface area contributed by atoms with Crippen molar-refractivity contribution in [1.29, 1.82) is 0 Å². The fourth-order valence-electron chi connectivity index (χ4n) is 2.58. The molecular weight excluding hydrogens is 317 g/mol. The van der Waals surface area contributed by atoms with Crippen molar-refractivity contribution >= 4 is 34.5 Å². The molecule has 7 heteroatoms. The van der Waals surface area contributed by atoms with E-state index in [-0.39, 0.29) is 21.8 Å². The molecule has 0 saturated heterocycles. The number of hydrogen-bond donors (Lipinski definition) is 2. The van der Waals surface area contributed by atoms with E-state index in [1.807, 2.05) is 0 Å². The van der Waals surface area contributed by atoms with E-state index in [0.717, 1.165) is 5.56 Å². The van der Waals surface area contributed by atoms with Gasteiger partial charge in [0, 0.05) is 10.9 Å². The Morgan fingerprint density at radius 2 is 2.04 bits per heavy atom. The van der Waals surface area contributed by atoms with Crippen LogP contribution in [0.15, 0.2) is 36.4 Å². The van der Waals surface area contributed by atoms with Gasteiger partial charge in [-0.25, -0.2) is 4.39 Å². The maximum atomic E-state index is 13.7. The molecule has 0 fully saturated rings. The van der Waals surface area contributed by atoms with Crippen LogP contribution in [0.4, 0.5) is 15.8 Å². The fourth-order valence-corrected chi connectivity index (χ4v) is 2.87. The molecular formula is C16H12FN3O2S. The minimum atomic E-state index is -0.603. The van der Waals surface area contributed by atoms with Crippen molar-refractivity contribution < 1.29 is 9.31 Å². The largest absolute Gasteiger partial charge is 0.393 e. The molecule has 0 aliphatic rings. The van der Waals surface area contributed by atoms with Gasteiger partial charge in [0.15, 0.2) is 4.64 Å². The lowest BCUT2D eigenvalue weighted by Crippen LogP contribution is -2.00. The molecule has 23 heavy (non-hydrogen) atoms. The minimum absolute atomic E-state index is 0.00431. The number of anilines is 1. The summed E-state index contributed by atoms with van der Waals surface area (Å²) in [6, 6.07) is 10.0. The van der Waals surface area contributed by atoms with Gasteiger partial charge in [-0.15, -0.1) is 0 Å². The first kappa shape index (κ1) is 15.1. The number of halogens is 1. The van der Waals surface area contributed by atoms with Crippen molar-refractivity contribution in [3.63, 3.8) is 0 Å². The predicted octanol–water partition coefficient (Wildman–Crippen LogP) is 4.50. The van der Waals surface area contributed by atoms with Crippen molar-refractivity contribution in [2.75, 3.05) is 5.73 Å². The van der Waals surface area contributed by atoms with Crippen LogP contribution in [0.1, 0.15) is 5.56 Å². The summed E-state index contributed by atoms with van der Waals surface area (Å²) in [5.41, 5.74) is 8.14. The summed E-state index contributed by atoms with van der Waals surface area (Å²) in [7, 11) is 0. The Hall–Kier alpha value is -2.80. The van der Waals surface area contributed by atoms with Gasteiger partial charge in [-0.1, -0.05) is 30.4 Å². The molecule has 116 valence electrons. The zero-order valence-corrected chi connectivity index (χ0v) is 12.9. The molecule has 1 heterocycles. The number of fused-ring (bicyclic) bond motifs is 1. The number of nitro groups is 1. The zero-order chi connectivity index (χ0) is 16.7. The van der Waals surface area contributed by atoms with E-state index >= 15 is 0 Å². The maximum Gasteiger partial charge on any atom is 0.327 e. The first-order valence-corrected chi connectivity index (χ1v) is 7.16. The highest BCUT2D eigenvalue weighted by Gasteiger charge is 2.18. The van der Waals surface area contributed by atoms with Crippen molar-refractivity contribution in [3.05, 3.63) is 62.5 Å². The second-order valence-corrected chi connectivity index (χ2v) is 5.55. The van der Waals surface area contributed by atoms with Crippen LogP contribution in [0.25, 0.3) is 22.0 Å². The molecule has 0 bridgehead atoms. The Bertz CT molecular complexity index is 1010. The smallest absolute Gasteiger partial charge is 0.327 e. The summed E-state index contributed by atoms with van der Waals surface area (Å²) in [6.07, 6.45) is 0. The fraction of sp³-hybridized carbons (Fsp3) is 0.0625. The van der Waals surface area contributed by atoms with Crippen LogP contribution >= 0.6 is 12.2 Å². The van der Waals surface area contributed by atoms with Crippen LogP contribution in [0.3, 0.4) is 0 Å². The maximum absolute atomic E-state index is 13.7. The number of hydrogen-bond acceptors (Lipinski definition) is 4. The Morgan fingerprint density at radius 3 is 2.74 bits per heavy atom. The van der Waals surface area contributed by atoms with E-state index < -0.39 is 4.92 Å². The highest BCUT2D eigenvalue weighted by atomic mass is 32.1. The highest BCUT2D eigenvalue weighted by molar-refractivity contribution is 7.71. The first-order chi connectivity index (χ1) is 10.9. The predicted molar refractivity (Wildman–Crippen MR) is 90.3 cm³/mol. The Kier molecular flexibility index (Phi) is 3.57. The van der Waals surface area contributed by atoms with E-state index in [2.05, 4.69) is 4.98 Å². The van der Waals surface area contributed by atoms with E-state index in [1.54, 1.807) is 37.3 Å². The number of H-pyrrole nitrogens is 1. The van der Waals surface area contributed by atoms with Crippen molar-refractivity contribution in [2.45, 2.75) is 6.92 Å². The summed E-state index contributed by atoms with van der Waals surface area (Å²) in [5.74, 6) is -0.311. The molecule has 2 aromatic carbocycles. The molecule has 0 amide bonds. The molecule has 0 aliphatic carbocycles. The molecule has 3 N–H and O–H groups in total. The lowest BCUT2D eigenvalue weighted by Gasteiger charge is -2.10.